The van der Waals surface area contributed by atoms with Gasteiger partial charge in [0.15, 0.2) is 0 Å². The molecule has 0 N–H and O–H groups in total. The quantitative estimate of drug-likeness (QED) is 0.166. The molecule has 0 amide bonds. The Hall–Kier alpha value is -4.93. The first-order valence-corrected chi connectivity index (χ1v) is 17.5. The average molecular weight is 840 g/mol. The third-order valence-electron chi connectivity index (χ3n) is 9.24. The molecule has 1 radical (unpaired) electrons. The molecule has 5 heterocycles. The normalized spacial score (nSPS) is 11.8. The van der Waals surface area contributed by atoms with E-state index in [2.05, 4.69) is 121 Å². The fraction of sp³-hybridized carbons (Fsp3) is 0.111. The molecule has 3 nitrogen and oxygen atoms in total. The van der Waals surface area contributed by atoms with Gasteiger partial charge in [-0.1, -0.05) is 98.5 Å². The number of fused-ring (bicyclic) bond motifs is 10. The standard InChI is InChI=1S/C34H25N2S.C11H8N.Ir/c1-34(2,3)19-20-15-16-35-28(17-20)21-11-14-29-27(18-21)24-9-6-8-23-25-12-13-26-22-7-4-5-10-30(22)37-33(26)32(25)36(29)31(23)24;1-2-6-10(7-3-1)11-8-4-5-9-12-11;/h4-10,12-18H,19H2,1-3H3;1-6,8-9H;/q2*-1;. The van der Waals surface area contributed by atoms with E-state index in [0.717, 1.165) is 28.9 Å². The van der Waals surface area contributed by atoms with Crippen molar-refractivity contribution in [2.45, 2.75) is 27.2 Å². The summed E-state index contributed by atoms with van der Waals surface area (Å²) in [6.45, 7) is 6.84. The van der Waals surface area contributed by atoms with Crippen LogP contribution in [0.3, 0.4) is 0 Å². The first-order chi connectivity index (χ1) is 23.9. The number of para-hydroxylation sites is 1. The summed E-state index contributed by atoms with van der Waals surface area (Å²) in [6, 6.07) is 49.4. The molecular formula is C45H33IrN3S-2. The Kier molecular flexibility index (Phi) is 8.23. The Morgan fingerprint density at radius 3 is 2.16 bits per heavy atom. The fourth-order valence-corrected chi connectivity index (χ4v) is 8.48. The van der Waals surface area contributed by atoms with Gasteiger partial charge in [-0.3, -0.25) is 0 Å². The van der Waals surface area contributed by atoms with Crippen LogP contribution in [0.25, 0.3) is 80.8 Å². The van der Waals surface area contributed by atoms with Crippen LogP contribution in [0.2, 0.25) is 0 Å². The van der Waals surface area contributed by atoms with Gasteiger partial charge in [0.05, 0.1) is 15.7 Å². The first-order valence-electron chi connectivity index (χ1n) is 16.7. The third-order valence-corrected chi connectivity index (χ3v) is 10.4. The summed E-state index contributed by atoms with van der Waals surface area (Å²) in [6.07, 6.45) is 4.75. The molecule has 0 aliphatic carbocycles. The second kappa shape index (κ2) is 12.8. The maximum Gasteiger partial charge on any atom is 0.0634 e. The summed E-state index contributed by atoms with van der Waals surface area (Å²) < 4.78 is 5.18. The minimum Gasteiger partial charge on any atom is -0.348 e. The number of hydrogen-bond donors (Lipinski definition) is 0. The van der Waals surface area contributed by atoms with E-state index in [9.17, 15) is 0 Å². The summed E-state index contributed by atoms with van der Waals surface area (Å²) in [5, 5.41) is 7.86. The van der Waals surface area contributed by atoms with Gasteiger partial charge in [0, 0.05) is 58.7 Å². The largest absolute Gasteiger partial charge is 0.348 e. The first kappa shape index (κ1) is 32.3. The molecule has 5 heteroatoms. The average Bonchev–Trinajstić information content (AvgIpc) is 3.79. The molecule has 10 aromatic rings. The van der Waals surface area contributed by atoms with Gasteiger partial charge in [-0.05, 0) is 52.3 Å². The summed E-state index contributed by atoms with van der Waals surface area (Å²) in [5.74, 6) is 0. The van der Waals surface area contributed by atoms with Crippen LogP contribution >= 0.6 is 11.3 Å². The summed E-state index contributed by atoms with van der Waals surface area (Å²) in [4.78, 5) is 8.95. The molecule has 0 aliphatic heterocycles. The van der Waals surface area contributed by atoms with E-state index >= 15 is 0 Å². The summed E-state index contributed by atoms with van der Waals surface area (Å²) in [5.41, 5.74) is 9.43. The van der Waals surface area contributed by atoms with Crippen molar-refractivity contribution < 1.29 is 20.1 Å². The van der Waals surface area contributed by atoms with Gasteiger partial charge in [-0.15, -0.1) is 71.0 Å². The predicted octanol–water partition coefficient (Wildman–Crippen LogP) is 12.2. The zero-order chi connectivity index (χ0) is 33.1. The van der Waals surface area contributed by atoms with E-state index in [0.29, 0.717) is 0 Å². The van der Waals surface area contributed by atoms with Gasteiger partial charge in [0.1, 0.15) is 0 Å². The SMILES string of the molecule is CC(C)(C)Cc1ccnc(-c2[c-]cc3c(c2)c2cccc4c5ccc6c7ccccc7sc6c5n3c24)c1.[Ir].[c-]1ccccc1-c1ccccn1. The second-order valence-corrected chi connectivity index (χ2v) is 14.9. The topological polar surface area (TPSA) is 30.2 Å². The van der Waals surface area contributed by atoms with Gasteiger partial charge >= 0.3 is 0 Å². The van der Waals surface area contributed by atoms with Crippen LogP contribution in [-0.4, -0.2) is 14.4 Å². The molecule has 245 valence electrons. The van der Waals surface area contributed by atoms with E-state index in [1.54, 1.807) is 6.20 Å². The molecule has 0 aliphatic rings. The second-order valence-electron chi connectivity index (χ2n) is 13.9. The van der Waals surface area contributed by atoms with Crippen molar-refractivity contribution in [3.05, 3.63) is 151 Å². The maximum absolute atomic E-state index is 4.73. The van der Waals surface area contributed by atoms with Crippen LogP contribution in [0.15, 0.2) is 134 Å². The monoisotopic (exact) mass is 840 g/mol. The van der Waals surface area contributed by atoms with Crippen molar-refractivity contribution >= 4 is 69.6 Å². The molecule has 0 unspecified atom stereocenters. The maximum atomic E-state index is 4.73. The van der Waals surface area contributed by atoms with Crippen molar-refractivity contribution in [2.75, 3.05) is 0 Å². The number of thiophene rings is 1. The number of pyridine rings is 2. The van der Waals surface area contributed by atoms with Crippen LogP contribution in [0.5, 0.6) is 0 Å². The van der Waals surface area contributed by atoms with Crippen molar-refractivity contribution in [3.8, 4) is 22.5 Å². The zero-order valence-corrected chi connectivity index (χ0v) is 31.2. The fourth-order valence-electron chi connectivity index (χ4n) is 7.24. The van der Waals surface area contributed by atoms with Gasteiger partial charge in [0.25, 0.3) is 0 Å². The van der Waals surface area contributed by atoms with E-state index in [1.807, 2.05) is 60.0 Å². The zero-order valence-electron chi connectivity index (χ0n) is 28.0. The van der Waals surface area contributed by atoms with E-state index in [-0.39, 0.29) is 25.5 Å². The number of hydrogen-bond acceptors (Lipinski definition) is 3. The molecule has 0 saturated carbocycles. The van der Waals surface area contributed by atoms with Gasteiger partial charge < -0.3 is 14.4 Å². The smallest absolute Gasteiger partial charge is 0.0634 e. The van der Waals surface area contributed by atoms with Gasteiger partial charge in [0.2, 0.25) is 0 Å². The van der Waals surface area contributed by atoms with Crippen LogP contribution < -0.4 is 0 Å². The predicted molar refractivity (Wildman–Crippen MR) is 208 cm³/mol. The molecule has 5 aromatic carbocycles. The molecule has 50 heavy (non-hydrogen) atoms. The Morgan fingerprint density at radius 2 is 1.36 bits per heavy atom. The van der Waals surface area contributed by atoms with E-state index in [4.69, 9.17) is 4.98 Å². The third kappa shape index (κ3) is 5.56. The van der Waals surface area contributed by atoms with Gasteiger partial charge in [-0.25, -0.2) is 0 Å². The number of rotatable bonds is 3. The molecule has 5 aromatic heterocycles. The van der Waals surface area contributed by atoms with Crippen molar-refractivity contribution in [1.29, 1.82) is 0 Å². The number of nitrogens with zero attached hydrogens (tertiary/aromatic N) is 3. The Labute approximate surface area is 308 Å². The van der Waals surface area contributed by atoms with Crippen molar-refractivity contribution in [1.82, 2.24) is 14.4 Å². The minimum absolute atomic E-state index is 0. The van der Waals surface area contributed by atoms with Crippen LogP contribution in [0.1, 0.15) is 26.3 Å². The summed E-state index contributed by atoms with van der Waals surface area (Å²) in [7, 11) is 0. The minimum atomic E-state index is 0. The number of benzene rings is 5. The molecule has 0 spiro atoms. The summed E-state index contributed by atoms with van der Waals surface area (Å²) >= 11 is 1.90. The van der Waals surface area contributed by atoms with Crippen LogP contribution in [0.4, 0.5) is 0 Å². The van der Waals surface area contributed by atoms with Crippen LogP contribution in [0, 0.1) is 17.5 Å². The molecule has 0 atom stereocenters. The molecule has 0 fully saturated rings. The van der Waals surface area contributed by atoms with Gasteiger partial charge in [-0.2, -0.15) is 0 Å². The Bertz CT molecular complexity index is 2740. The molecule has 10 rings (SSSR count). The molecule has 0 saturated heterocycles. The van der Waals surface area contributed by atoms with Crippen molar-refractivity contribution in [2.24, 2.45) is 5.41 Å². The molecular weight excluding hydrogens is 807 g/mol. The van der Waals surface area contributed by atoms with E-state index < -0.39 is 0 Å². The van der Waals surface area contributed by atoms with Crippen molar-refractivity contribution in [3.63, 3.8) is 0 Å². The van der Waals surface area contributed by atoms with E-state index in [1.165, 1.54) is 63.8 Å². The van der Waals surface area contributed by atoms with Crippen LogP contribution in [-0.2, 0) is 26.5 Å². The Balaban J connectivity index is 0.000000236. The molecule has 0 bridgehead atoms. The number of aromatic nitrogens is 3. The Morgan fingerprint density at radius 1 is 0.620 bits per heavy atom.